The zero-order valence-electron chi connectivity index (χ0n) is 15.8. The Bertz CT molecular complexity index is 1190. The molecular formula is C21H20BrN3O3. The van der Waals surface area contributed by atoms with E-state index in [1.165, 1.54) is 0 Å². The molecule has 1 aromatic heterocycles. The Morgan fingerprint density at radius 3 is 2.57 bits per heavy atom. The minimum absolute atomic E-state index is 0.0216. The van der Waals surface area contributed by atoms with Gasteiger partial charge >= 0.3 is 5.69 Å². The summed E-state index contributed by atoms with van der Waals surface area (Å²) in [5, 5.41) is 10.8. The Balaban J connectivity index is 2.12. The van der Waals surface area contributed by atoms with Gasteiger partial charge in [0.15, 0.2) is 0 Å². The van der Waals surface area contributed by atoms with E-state index < -0.39 is 17.1 Å². The Hall–Kier alpha value is -2.93. The number of benzene rings is 2. The van der Waals surface area contributed by atoms with Crippen LogP contribution in [0.2, 0.25) is 0 Å². The fourth-order valence-corrected chi connectivity index (χ4v) is 3.45. The van der Waals surface area contributed by atoms with E-state index in [4.69, 9.17) is 0 Å². The van der Waals surface area contributed by atoms with Crippen LogP contribution in [0, 0.1) is 13.8 Å². The first-order valence-electron chi connectivity index (χ1n) is 8.70. The molecule has 0 saturated heterocycles. The first kappa shape index (κ1) is 19.8. The predicted octanol–water partition coefficient (Wildman–Crippen LogP) is 3.62. The summed E-state index contributed by atoms with van der Waals surface area (Å²) < 4.78 is 2.01. The van der Waals surface area contributed by atoms with Crippen LogP contribution in [0.4, 0.5) is 0 Å². The topological polar surface area (TPSA) is 87.4 Å². The molecular weight excluding hydrogens is 422 g/mol. The molecule has 2 aromatic carbocycles. The van der Waals surface area contributed by atoms with Crippen LogP contribution in [0.15, 0.2) is 61.5 Å². The Morgan fingerprint density at radius 2 is 1.89 bits per heavy atom. The van der Waals surface area contributed by atoms with Gasteiger partial charge in [-0.25, -0.2) is 9.36 Å². The Kier molecular flexibility index (Phi) is 5.65. The van der Waals surface area contributed by atoms with E-state index in [2.05, 4.69) is 25.9 Å². The average molecular weight is 442 g/mol. The number of rotatable bonds is 4. The molecule has 0 spiro atoms. The highest BCUT2D eigenvalue weighted by Gasteiger charge is 2.19. The summed E-state index contributed by atoms with van der Waals surface area (Å²) in [6.45, 7) is 5.75. The lowest BCUT2D eigenvalue weighted by Crippen LogP contribution is -2.33. The SMILES string of the molecule is CC(=NCc1ccccc1Br)c1c(O)n(-c2ccc(C)cc2C)c(=O)[nH]c1=O. The summed E-state index contributed by atoms with van der Waals surface area (Å²) in [5.74, 6) is -0.422. The number of nitrogens with one attached hydrogen (secondary N) is 1. The average Bonchev–Trinajstić information content (AvgIpc) is 2.62. The molecule has 0 fully saturated rings. The van der Waals surface area contributed by atoms with Crippen molar-refractivity contribution >= 4 is 21.6 Å². The molecule has 144 valence electrons. The fraction of sp³-hybridized carbons (Fsp3) is 0.190. The Labute approximate surface area is 170 Å². The molecule has 6 nitrogen and oxygen atoms in total. The van der Waals surface area contributed by atoms with Gasteiger partial charge in [-0.2, -0.15) is 0 Å². The number of aromatic hydroxyl groups is 1. The summed E-state index contributed by atoms with van der Waals surface area (Å²) >= 11 is 3.47. The number of aromatic amines is 1. The van der Waals surface area contributed by atoms with E-state index in [0.29, 0.717) is 17.9 Å². The highest BCUT2D eigenvalue weighted by Crippen LogP contribution is 2.22. The van der Waals surface area contributed by atoms with Crippen molar-refractivity contribution in [2.75, 3.05) is 0 Å². The van der Waals surface area contributed by atoms with Crippen molar-refractivity contribution in [3.05, 3.63) is 90.0 Å². The van der Waals surface area contributed by atoms with E-state index >= 15 is 0 Å². The molecule has 0 bridgehead atoms. The smallest absolute Gasteiger partial charge is 0.335 e. The standard InChI is InChI=1S/C21H20BrN3O3/c1-12-8-9-17(13(2)10-12)25-20(27)18(19(26)24-21(25)28)14(3)23-11-15-6-4-5-7-16(15)22/h4-10,27H,11H2,1-3H3,(H,24,26,28). The first-order chi connectivity index (χ1) is 13.3. The molecule has 2 N–H and O–H groups in total. The molecule has 0 unspecified atom stereocenters. The van der Waals surface area contributed by atoms with Crippen LogP contribution in [0.25, 0.3) is 5.69 Å². The summed E-state index contributed by atoms with van der Waals surface area (Å²) in [7, 11) is 0. The van der Waals surface area contributed by atoms with Gasteiger partial charge in [-0.15, -0.1) is 0 Å². The normalized spacial score (nSPS) is 11.6. The van der Waals surface area contributed by atoms with E-state index in [1.807, 2.05) is 50.2 Å². The van der Waals surface area contributed by atoms with Crippen molar-refractivity contribution in [3.63, 3.8) is 0 Å². The zero-order valence-corrected chi connectivity index (χ0v) is 17.4. The molecule has 0 aliphatic rings. The largest absolute Gasteiger partial charge is 0.493 e. The molecule has 0 atom stereocenters. The van der Waals surface area contributed by atoms with Gasteiger partial charge < -0.3 is 5.11 Å². The van der Waals surface area contributed by atoms with Crippen LogP contribution >= 0.6 is 15.9 Å². The van der Waals surface area contributed by atoms with Gasteiger partial charge in [0.1, 0.15) is 5.56 Å². The van der Waals surface area contributed by atoms with Gasteiger partial charge in [-0.3, -0.25) is 14.8 Å². The minimum atomic E-state index is -0.697. The van der Waals surface area contributed by atoms with Gasteiger partial charge in [-0.05, 0) is 44.0 Å². The quantitative estimate of drug-likeness (QED) is 0.605. The van der Waals surface area contributed by atoms with E-state index in [1.54, 1.807) is 13.0 Å². The van der Waals surface area contributed by atoms with Crippen molar-refractivity contribution < 1.29 is 5.11 Å². The number of aryl methyl sites for hydroxylation is 2. The Morgan fingerprint density at radius 1 is 1.18 bits per heavy atom. The summed E-state index contributed by atoms with van der Waals surface area (Å²) in [6.07, 6.45) is 0. The summed E-state index contributed by atoms with van der Waals surface area (Å²) in [6, 6.07) is 13.1. The molecule has 3 aromatic rings. The molecule has 0 aliphatic heterocycles. The molecule has 0 amide bonds. The van der Waals surface area contributed by atoms with Crippen LogP contribution in [0.3, 0.4) is 0 Å². The third kappa shape index (κ3) is 3.84. The van der Waals surface area contributed by atoms with Crippen LogP contribution in [-0.4, -0.2) is 20.4 Å². The van der Waals surface area contributed by atoms with Crippen LogP contribution in [0.5, 0.6) is 5.88 Å². The predicted molar refractivity (Wildman–Crippen MR) is 114 cm³/mol. The van der Waals surface area contributed by atoms with E-state index in [0.717, 1.165) is 25.7 Å². The van der Waals surface area contributed by atoms with Gasteiger partial charge in [0.05, 0.1) is 17.9 Å². The maximum absolute atomic E-state index is 12.4. The zero-order chi connectivity index (χ0) is 20.4. The lowest BCUT2D eigenvalue weighted by molar-refractivity contribution is 0.429. The van der Waals surface area contributed by atoms with Gasteiger partial charge in [0.25, 0.3) is 5.56 Å². The lowest BCUT2D eigenvalue weighted by Gasteiger charge is -2.14. The van der Waals surface area contributed by atoms with Crippen molar-refractivity contribution in [1.29, 1.82) is 0 Å². The van der Waals surface area contributed by atoms with Crippen LogP contribution in [-0.2, 0) is 6.54 Å². The number of H-pyrrole nitrogens is 1. The number of hydrogen-bond donors (Lipinski definition) is 2. The highest BCUT2D eigenvalue weighted by molar-refractivity contribution is 9.10. The summed E-state index contributed by atoms with van der Waals surface area (Å²) in [4.78, 5) is 31.5. The van der Waals surface area contributed by atoms with Crippen LogP contribution < -0.4 is 11.2 Å². The van der Waals surface area contributed by atoms with Gasteiger partial charge in [-0.1, -0.05) is 51.8 Å². The highest BCUT2D eigenvalue weighted by atomic mass is 79.9. The minimum Gasteiger partial charge on any atom is -0.493 e. The van der Waals surface area contributed by atoms with Gasteiger partial charge in [0.2, 0.25) is 5.88 Å². The number of hydrogen-bond acceptors (Lipinski definition) is 4. The second-order valence-corrected chi connectivity index (χ2v) is 7.43. The number of halogens is 1. The molecule has 28 heavy (non-hydrogen) atoms. The van der Waals surface area contributed by atoms with E-state index in [9.17, 15) is 14.7 Å². The van der Waals surface area contributed by atoms with Crippen molar-refractivity contribution in [2.45, 2.75) is 27.3 Å². The summed E-state index contributed by atoms with van der Waals surface area (Å²) in [5.41, 5.74) is 2.24. The molecule has 3 rings (SSSR count). The van der Waals surface area contributed by atoms with Crippen molar-refractivity contribution in [1.82, 2.24) is 9.55 Å². The van der Waals surface area contributed by atoms with Crippen molar-refractivity contribution in [3.8, 4) is 11.6 Å². The van der Waals surface area contributed by atoms with Crippen molar-refractivity contribution in [2.24, 2.45) is 4.99 Å². The maximum Gasteiger partial charge on any atom is 0.335 e. The number of aromatic nitrogens is 2. The number of nitrogens with zero attached hydrogens (tertiary/aromatic N) is 2. The first-order valence-corrected chi connectivity index (χ1v) is 9.49. The molecule has 7 heteroatoms. The molecule has 0 saturated carbocycles. The maximum atomic E-state index is 12.4. The third-order valence-electron chi connectivity index (χ3n) is 4.49. The fourth-order valence-electron chi connectivity index (χ4n) is 3.04. The second kappa shape index (κ2) is 7.98. The lowest BCUT2D eigenvalue weighted by atomic mass is 10.1. The molecule has 0 aliphatic carbocycles. The molecule has 0 radical (unpaired) electrons. The monoisotopic (exact) mass is 441 g/mol. The third-order valence-corrected chi connectivity index (χ3v) is 5.26. The molecule has 1 heterocycles. The number of aliphatic imine (C=N–C) groups is 1. The van der Waals surface area contributed by atoms with Crippen LogP contribution in [0.1, 0.15) is 29.2 Å². The van der Waals surface area contributed by atoms with Gasteiger partial charge in [0, 0.05) is 4.47 Å². The van der Waals surface area contributed by atoms with E-state index in [-0.39, 0.29) is 5.56 Å². The second-order valence-electron chi connectivity index (χ2n) is 6.58.